The van der Waals surface area contributed by atoms with E-state index >= 15 is 0 Å². The standard InChI is InChI=1S/C52H48BN3O/c1-31-17-8-11-22-40(31)54(41-23-12-9-18-32(41)2)34-29-42-45-43(30-34)56-48-37(51(6)25-14-15-26-52(51,56)7)20-16-21-38(48)53(45)39-28-33(50(3,4)5)27-36-46(39)55(42)47-35-19-10-13-24-44(35)57-49(36)47/h8-13,16-24,27-30H,14-15,25-26H2,1-7H3. The fraction of sp³-hybridized carbons (Fsp3) is 0.269. The fourth-order valence-electron chi connectivity index (χ4n) is 11.8. The van der Waals surface area contributed by atoms with Gasteiger partial charge in [-0.2, -0.15) is 0 Å². The minimum absolute atomic E-state index is 0.0324. The van der Waals surface area contributed by atoms with Crippen molar-refractivity contribution in [3.8, 4) is 5.69 Å². The number of benzene rings is 6. The highest BCUT2D eigenvalue weighted by molar-refractivity contribution is 7.00. The molecule has 2 atom stereocenters. The predicted octanol–water partition coefficient (Wildman–Crippen LogP) is 11.8. The van der Waals surface area contributed by atoms with Gasteiger partial charge in [0.15, 0.2) is 5.58 Å². The molecule has 0 amide bonds. The molecule has 3 aliphatic heterocycles. The number of hydrogen-bond donors (Lipinski definition) is 0. The number of para-hydroxylation sites is 4. The van der Waals surface area contributed by atoms with Gasteiger partial charge in [-0.3, -0.25) is 0 Å². The molecule has 57 heavy (non-hydrogen) atoms. The van der Waals surface area contributed by atoms with E-state index in [9.17, 15) is 0 Å². The van der Waals surface area contributed by atoms with Crippen LogP contribution in [-0.4, -0.2) is 16.8 Å². The molecule has 4 aliphatic rings. The Labute approximate surface area is 335 Å². The van der Waals surface area contributed by atoms with Gasteiger partial charge in [0.25, 0.3) is 6.71 Å². The molecule has 2 aromatic heterocycles. The number of rotatable bonds is 3. The van der Waals surface area contributed by atoms with E-state index in [1.807, 2.05) is 0 Å². The Morgan fingerprint density at radius 1 is 0.684 bits per heavy atom. The minimum Gasteiger partial charge on any atom is -0.454 e. The van der Waals surface area contributed by atoms with Crippen LogP contribution in [0.1, 0.15) is 82.6 Å². The molecule has 1 saturated carbocycles. The third-order valence-electron chi connectivity index (χ3n) is 14.9. The normalized spacial score (nSPS) is 20.3. The van der Waals surface area contributed by atoms with Crippen molar-refractivity contribution in [2.24, 2.45) is 0 Å². The highest BCUT2D eigenvalue weighted by atomic mass is 16.3. The largest absolute Gasteiger partial charge is 0.454 e. The van der Waals surface area contributed by atoms with E-state index < -0.39 is 0 Å². The summed E-state index contributed by atoms with van der Waals surface area (Å²) < 4.78 is 9.56. The molecule has 6 aromatic carbocycles. The molecule has 0 N–H and O–H groups in total. The van der Waals surface area contributed by atoms with Crippen molar-refractivity contribution in [1.82, 2.24) is 4.57 Å². The molecular formula is C52H48BN3O. The first kappa shape index (κ1) is 33.5. The van der Waals surface area contributed by atoms with E-state index in [1.165, 1.54) is 108 Å². The van der Waals surface area contributed by atoms with E-state index in [-0.39, 0.29) is 23.1 Å². The van der Waals surface area contributed by atoms with E-state index in [0.717, 1.165) is 23.0 Å². The number of aryl methyl sites for hydroxylation is 2. The highest BCUT2D eigenvalue weighted by Crippen LogP contribution is 2.62. The van der Waals surface area contributed by atoms with Crippen LogP contribution in [0.2, 0.25) is 0 Å². The summed E-state index contributed by atoms with van der Waals surface area (Å²) in [6.07, 6.45) is 4.88. The van der Waals surface area contributed by atoms with Gasteiger partial charge >= 0.3 is 0 Å². The van der Waals surface area contributed by atoms with Gasteiger partial charge in [-0.1, -0.05) is 113 Å². The molecule has 1 fully saturated rings. The number of fused-ring (bicyclic) bond motifs is 12. The predicted molar refractivity (Wildman–Crippen MR) is 241 cm³/mol. The van der Waals surface area contributed by atoms with Crippen LogP contribution in [0.3, 0.4) is 0 Å². The second kappa shape index (κ2) is 11.0. The highest BCUT2D eigenvalue weighted by Gasteiger charge is 2.61. The van der Waals surface area contributed by atoms with Crippen LogP contribution >= 0.6 is 0 Å². The van der Waals surface area contributed by atoms with Crippen molar-refractivity contribution in [2.75, 3.05) is 9.80 Å². The zero-order valence-electron chi connectivity index (χ0n) is 34.1. The van der Waals surface area contributed by atoms with Gasteiger partial charge in [0.1, 0.15) is 11.1 Å². The lowest BCUT2D eigenvalue weighted by atomic mass is 9.33. The smallest absolute Gasteiger partial charge is 0.252 e. The average Bonchev–Trinajstić information content (AvgIpc) is 3.80. The SMILES string of the molecule is Cc1ccccc1N(c1cc2c3c(c1)-n1c4c(cc(C(C)(C)C)cc4c4oc5ccccc5c41)B3c1cccc3c1N2C1(C)CCCCC31C)c1ccccc1C. The van der Waals surface area contributed by atoms with Crippen LogP contribution in [-0.2, 0) is 10.8 Å². The van der Waals surface area contributed by atoms with Crippen LogP contribution in [0.5, 0.6) is 0 Å². The van der Waals surface area contributed by atoms with E-state index in [0.29, 0.717) is 0 Å². The Balaban J connectivity index is 1.29. The Bertz CT molecular complexity index is 3010. The number of nitrogens with zero attached hydrogens (tertiary/aromatic N) is 3. The zero-order chi connectivity index (χ0) is 38.7. The van der Waals surface area contributed by atoms with Crippen LogP contribution in [0.4, 0.5) is 28.4 Å². The van der Waals surface area contributed by atoms with Crippen molar-refractivity contribution in [1.29, 1.82) is 0 Å². The molecule has 0 radical (unpaired) electrons. The summed E-state index contributed by atoms with van der Waals surface area (Å²) in [6, 6.07) is 43.8. The first-order valence-corrected chi connectivity index (χ1v) is 21.0. The number of hydrogen-bond acceptors (Lipinski definition) is 3. The fourth-order valence-corrected chi connectivity index (χ4v) is 11.8. The minimum atomic E-state index is -0.0750. The molecule has 4 nitrogen and oxygen atoms in total. The number of anilines is 5. The molecule has 0 spiro atoms. The Morgan fingerprint density at radius 3 is 2.11 bits per heavy atom. The lowest BCUT2D eigenvalue weighted by molar-refractivity contribution is 0.195. The zero-order valence-corrected chi connectivity index (χ0v) is 34.1. The van der Waals surface area contributed by atoms with Crippen LogP contribution in [0.15, 0.2) is 120 Å². The van der Waals surface area contributed by atoms with Gasteiger partial charge in [-0.15, -0.1) is 0 Å². The van der Waals surface area contributed by atoms with E-state index in [1.54, 1.807) is 0 Å². The van der Waals surface area contributed by atoms with E-state index in [2.05, 4.69) is 178 Å². The quantitative estimate of drug-likeness (QED) is 0.169. The molecule has 0 bridgehead atoms. The average molecular weight is 742 g/mol. The van der Waals surface area contributed by atoms with Gasteiger partial charge in [0, 0.05) is 44.6 Å². The lowest BCUT2D eigenvalue weighted by Crippen LogP contribution is -2.64. The molecule has 2 unspecified atom stereocenters. The van der Waals surface area contributed by atoms with Crippen molar-refractivity contribution < 1.29 is 4.42 Å². The topological polar surface area (TPSA) is 24.6 Å². The van der Waals surface area contributed by atoms with Gasteiger partial charge in [0.2, 0.25) is 0 Å². The maximum atomic E-state index is 6.96. The van der Waals surface area contributed by atoms with Crippen molar-refractivity contribution in [2.45, 2.75) is 90.5 Å². The maximum absolute atomic E-state index is 6.96. The number of furan rings is 1. The van der Waals surface area contributed by atoms with Gasteiger partial charge in [-0.05, 0) is 120 Å². The summed E-state index contributed by atoms with van der Waals surface area (Å²) in [7, 11) is 0. The first-order valence-electron chi connectivity index (χ1n) is 21.0. The van der Waals surface area contributed by atoms with Crippen molar-refractivity contribution in [3.63, 3.8) is 0 Å². The summed E-state index contributed by atoms with van der Waals surface area (Å²) >= 11 is 0. The summed E-state index contributed by atoms with van der Waals surface area (Å²) in [5.41, 5.74) is 21.5. The molecule has 5 heteroatoms. The van der Waals surface area contributed by atoms with Crippen molar-refractivity contribution >= 4 is 84.5 Å². The maximum Gasteiger partial charge on any atom is 0.252 e. The lowest BCUT2D eigenvalue weighted by Gasteiger charge is -2.52. The molecule has 12 rings (SSSR count). The molecule has 5 heterocycles. The molecular weight excluding hydrogens is 693 g/mol. The third-order valence-corrected chi connectivity index (χ3v) is 14.9. The Hall–Kier alpha value is -5.68. The van der Waals surface area contributed by atoms with Crippen LogP contribution in [0, 0.1) is 13.8 Å². The summed E-state index contributed by atoms with van der Waals surface area (Å²) in [5, 5.41) is 2.37. The molecule has 0 saturated heterocycles. The Morgan fingerprint density at radius 2 is 1.37 bits per heavy atom. The molecule has 8 aromatic rings. The second-order valence-corrected chi connectivity index (χ2v) is 19.0. The monoisotopic (exact) mass is 741 g/mol. The molecule has 1 aliphatic carbocycles. The Kier molecular flexibility index (Phi) is 6.48. The van der Waals surface area contributed by atoms with Crippen molar-refractivity contribution in [3.05, 3.63) is 138 Å². The third kappa shape index (κ3) is 4.10. The second-order valence-electron chi connectivity index (χ2n) is 19.0. The number of aromatic nitrogens is 1. The summed E-state index contributed by atoms with van der Waals surface area (Å²) in [4.78, 5) is 5.38. The van der Waals surface area contributed by atoms with Gasteiger partial charge < -0.3 is 18.8 Å². The summed E-state index contributed by atoms with van der Waals surface area (Å²) in [6.45, 7) is 16.8. The van der Waals surface area contributed by atoms with Crippen LogP contribution in [0.25, 0.3) is 38.7 Å². The van der Waals surface area contributed by atoms with Gasteiger partial charge in [0.05, 0.1) is 16.7 Å². The van der Waals surface area contributed by atoms with Gasteiger partial charge in [-0.25, -0.2) is 0 Å². The first-order chi connectivity index (χ1) is 27.5. The van der Waals surface area contributed by atoms with Crippen LogP contribution < -0.4 is 26.2 Å². The molecule has 280 valence electrons. The summed E-state index contributed by atoms with van der Waals surface area (Å²) in [5.74, 6) is 0. The van der Waals surface area contributed by atoms with E-state index in [4.69, 9.17) is 4.42 Å².